The summed E-state index contributed by atoms with van der Waals surface area (Å²) in [6.45, 7) is 0.897. The van der Waals surface area contributed by atoms with E-state index in [1.165, 1.54) is 4.31 Å². The molecule has 0 spiro atoms. The number of hydrogen-bond donors (Lipinski definition) is 1. The van der Waals surface area contributed by atoms with E-state index < -0.39 is 10.0 Å². The second-order valence-corrected chi connectivity index (χ2v) is 7.10. The van der Waals surface area contributed by atoms with Crippen molar-refractivity contribution >= 4 is 10.0 Å². The highest BCUT2D eigenvalue weighted by Crippen LogP contribution is 2.28. The van der Waals surface area contributed by atoms with Crippen LogP contribution < -0.4 is 5.32 Å². The van der Waals surface area contributed by atoms with Crippen molar-refractivity contribution in [3.63, 3.8) is 0 Å². The third kappa shape index (κ3) is 3.16. The Bertz CT molecular complexity index is 507. The van der Waals surface area contributed by atoms with E-state index in [2.05, 4.69) is 5.32 Å². The Balaban J connectivity index is 2.11. The molecule has 1 aliphatic rings. The molecule has 1 aromatic rings. The summed E-state index contributed by atoms with van der Waals surface area (Å²) in [7, 11) is 0.279. The minimum absolute atomic E-state index is 0.189. The van der Waals surface area contributed by atoms with Gasteiger partial charge in [-0.25, -0.2) is 8.42 Å². The van der Waals surface area contributed by atoms with Crippen LogP contribution in [0.1, 0.15) is 24.8 Å². The van der Waals surface area contributed by atoms with Gasteiger partial charge in [0.2, 0.25) is 10.0 Å². The lowest BCUT2D eigenvalue weighted by molar-refractivity contribution is 0.249. The van der Waals surface area contributed by atoms with Gasteiger partial charge in [0.1, 0.15) is 0 Å². The highest BCUT2D eigenvalue weighted by Gasteiger charge is 2.31. The van der Waals surface area contributed by atoms with Crippen molar-refractivity contribution < 1.29 is 8.42 Å². The van der Waals surface area contributed by atoms with Gasteiger partial charge in [-0.05, 0) is 50.6 Å². The lowest BCUT2D eigenvalue weighted by Gasteiger charge is -2.33. The summed E-state index contributed by atoms with van der Waals surface area (Å²) in [6.07, 6.45) is 4.01. The number of nitrogens with zero attached hydrogens (tertiary/aromatic N) is 1. The highest BCUT2D eigenvalue weighted by atomic mass is 32.2. The largest absolute Gasteiger partial charge is 0.319 e. The zero-order chi connectivity index (χ0) is 13.9. The molecule has 1 N–H and O–H groups in total. The molecular weight excluding hydrogens is 260 g/mol. The van der Waals surface area contributed by atoms with Gasteiger partial charge in [-0.3, -0.25) is 0 Å². The summed E-state index contributed by atoms with van der Waals surface area (Å²) in [5, 5.41) is 3.08. The molecule has 0 aromatic heterocycles. The van der Waals surface area contributed by atoms with E-state index in [-0.39, 0.29) is 6.04 Å². The molecule has 1 fully saturated rings. The minimum atomic E-state index is -3.32. The van der Waals surface area contributed by atoms with Crippen LogP contribution in [0.15, 0.2) is 29.2 Å². The van der Waals surface area contributed by atoms with Gasteiger partial charge in [-0.1, -0.05) is 18.6 Å². The number of nitrogens with one attached hydrogen (secondary N) is 1. The summed E-state index contributed by atoms with van der Waals surface area (Å²) in [5.41, 5.74) is 1.15. The van der Waals surface area contributed by atoms with Crippen LogP contribution in [0.4, 0.5) is 0 Å². The van der Waals surface area contributed by atoms with Crippen LogP contribution >= 0.6 is 0 Å². The van der Waals surface area contributed by atoms with Crippen LogP contribution in [0.2, 0.25) is 0 Å². The molecule has 0 heterocycles. The van der Waals surface area contributed by atoms with E-state index in [1.54, 1.807) is 19.2 Å². The number of hydrogen-bond acceptors (Lipinski definition) is 3. The first-order valence-corrected chi connectivity index (χ1v) is 8.21. The molecule has 0 amide bonds. The molecule has 0 saturated heterocycles. The van der Waals surface area contributed by atoms with Gasteiger partial charge in [0.25, 0.3) is 0 Å². The predicted molar refractivity (Wildman–Crippen MR) is 76.7 cm³/mol. The number of likely N-dealkylation sites (N-methyl/N-ethyl adjacent to an activating group) is 1. The van der Waals surface area contributed by atoms with Crippen LogP contribution in [-0.4, -0.2) is 39.4 Å². The Morgan fingerprint density at radius 3 is 2.37 bits per heavy atom. The maximum atomic E-state index is 12.4. The monoisotopic (exact) mass is 282 g/mol. The lowest BCUT2D eigenvalue weighted by atomic mass is 9.94. The summed E-state index contributed by atoms with van der Waals surface area (Å²) < 4.78 is 26.3. The summed E-state index contributed by atoms with van der Waals surface area (Å²) in [6, 6.07) is 7.43. The second-order valence-electron chi connectivity index (χ2n) is 5.10. The van der Waals surface area contributed by atoms with Crippen LogP contribution in [0.3, 0.4) is 0 Å². The predicted octanol–water partition coefficient (Wildman–Crippen LogP) is 1.62. The molecule has 1 saturated carbocycles. The van der Waals surface area contributed by atoms with Crippen molar-refractivity contribution in [3.05, 3.63) is 29.8 Å². The quantitative estimate of drug-likeness (QED) is 0.862. The fraction of sp³-hybridized carbons (Fsp3) is 0.571. The zero-order valence-electron chi connectivity index (χ0n) is 11.6. The Labute approximate surface area is 115 Å². The van der Waals surface area contributed by atoms with Crippen LogP contribution in [0.25, 0.3) is 0 Å². The first-order chi connectivity index (χ1) is 9.05. The first-order valence-electron chi connectivity index (χ1n) is 6.77. The van der Waals surface area contributed by atoms with Crippen molar-refractivity contribution in [2.45, 2.75) is 36.6 Å². The molecule has 0 radical (unpaired) electrons. The molecule has 0 atom stereocenters. The molecule has 0 bridgehead atoms. The Kier molecular flexibility index (Phi) is 4.60. The third-order valence-electron chi connectivity index (χ3n) is 3.85. The molecule has 4 nitrogen and oxygen atoms in total. The normalized spacial score (nSPS) is 16.6. The molecular formula is C14H22N2O2S. The Morgan fingerprint density at radius 2 is 1.89 bits per heavy atom. The van der Waals surface area contributed by atoms with Crippen molar-refractivity contribution in [2.24, 2.45) is 0 Å². The summed E-state index contributed by atoms with van der Waals surface area (Å²) in [4.78, 5) is 0.398. The standard InChI is InChI=1S/C14H22N2O2S/c1-15-11-10-12-6-8-14(9-7-12)19(17,18)16(2)13-4-3-5-13/h6-9,13,15H,3-5,10-11H2,1-2H3. The van der Waals surface area contributed by atoms with Gasteiger partial charge in [-0.2, -0.15) is 4.31 Å². The number of rotatable bonds is 6. The zero-order valence-corrected chi connectivity index (χ0v) is 12.4. The van der Waals surface area contributed by atoms with Crippen molar-refractivity contribution in [1.29, 1.82) is 0 Å². The topological polar surface area (TPSA) is 49.4 Å². The van der Waals surface area contributed by atoms with Gasteiger partial charge in [-0.15, -0.1) is 0 Å². The van der Waals surface area contributed by atoms with Crippen LogP contribution in [0.5, 0.6) is 0 Å². The average Bonchev–Trinajstić information content (AvgIpc) is 2.34. The Hall–Kier alpha value is -0.910. The smallest absolute Gasteiger partial charge is 0.243 e. The SMILES string of the molecule is CNCCc1ccc(S(=O)(=O)N(C)C2CCC2)cc1. The van der Waals surface area contributed by atoms with Crippen LogP contribution in [0, 0.1) is 0 Å². The molecule has 1 aliphatic carbocycles. The van der Waals surface area contributed by atoms with Gasteiger partial charge >= 0.3 is 0 Å². The molecule has 2 rings (SSSR count). The molecule has 0 unspecified atom stereocenters. The second kappa shape index (κ2) is 6.03. The van der Waals surface area contributed by atoms with Crippen molar-refractivity contribution in [3.8, 4) is 0 Å². The van der Waals surface area contributed by atoms with Gasteiger partial charge < -0.3 is 5.32 Å². The van der Waals surface area contributed by atoms with Gasteiger partial charge in [0.05, 0.1) is 4.90 Å². The van der Waals surface area contributed by atoms with E-state index in [0.717, 1.165) is 37.8 Å². The van der Waals surface area contributed by atoms with Crippen molar-refractivity contribution in [2.75, 3.05) is 20.6 Å². The van der Waals surface area contributed by atoms with Crippen LogP contribution in [-0.2, 0) is 16.4 Å². The molecule has 106 valence electrons. The van der Waals surface area contributed by atoms with E-state index in [4.69, 9.17) is 0 Å². The van der Waals surface area contributed by atoms with E-state index in [9.17, 15) is 8.42 Å². The third-order valence-corrected chi connectivity index (χ3v) is 5.78. The average molecular weight is 282 g/mol. The highest BCUT2D eigenvalue weighted by molar-refractivity contribution is 7.89. The van der Waals surface area contributed by atoms with E-state index >= 15 is 0 Å². The number of benzene rings is 1. The minimum Gasteiger partial charge on any atom is -0.319 e. The van der Waals surface area contributed by atoms with Gasteiger partial charge in [0, 0.05) is 13.1 Å². The van der Waals surface area contributed by atoms with E-state index in [0.29, 0.717) is 4.90 Å². The molecule has 5 heteroatoms. The Morgan fingerprint density at radius 1 is 1.26 bits per heavy atom. The fourth-order valence-electron chi connectivity index (χ4n) is 2.21. The van der Waals surface area contributed by atoms with E-state index in [1.807, 2.05) is 19.2 Å². The molecule has 19 heavy (non-hydrogen) atoms. The molecule has 0 aliphatic heterocycles. The molecule has 1 aromatic carbocycles. The van der Waals surface area contributed by atoms with Gasteiger partial charge in [0.15, 0.2) is 0 Å². The summed E-state index contributed by atoms with van der Waals surface area (Å²) >= 11 is 0. The first kappa shape index (κ1) is 14.5. The maximum Gasteiger partial charge on any atom is 0.243 e. The summed E-state index contributed by atoms with van der Waals surface area (Å²) in [5.74, 6) is 0. The fourth-order valence-corrected chi connectivity index (χ4v) is 3.63. The lowest BCUT2D eigenvalue weighted by Crippen LogP contribution is -2.41. The maximum absolute atomic E-state index is 12.4. The number of sulfonamides is 1. The van der Waals surface area contributed by atoms with Crippen molar-refractivity contribution in [1.82, 2.24) is 9.62 Å².